The van der Waals surface area contributed by atoms with Gasteiger partial charge in [0.25, 0.3) is 5.60 Å². The number of hydrogen-bond acceptors (Lipinski definition) is 4. The Labute approximate surface area is 99.6 Å². The summed E-state index contributed by atoms with van der Waals surface area (Å²) in [5.41, 5.74) is -3.26. The highest BCUT2D eigenvalue weighted by molar-refractivity contribution is 5.32. The molecule has 3 atom stereocenters. The molecule has 1 aliphatic heterocycles. The Hall–Kier alpha value is -2.08. The second-order valence-corrected chi connectivity index (χ2v) is 4.48. The van der Waals surface area contributed by atoms with Gasteiger partial charge in [-0.3, -0.25) is 9.58 Å². The fourth-order valence-corrected chi connectivity index (χ4v) is 2.96. The van der Waals surface area contributed by atoms with Crippen LogP contribution in [0, 0.1) is 52.4 Å². The molecule has 2 fully saturated rings. The third kappa shape index (κ3) is 1.31. The van der Waals surface area contributed by atoms with Crippen LogP contribution in [0.2, 0.25) is 0 Å². The lowest BCUT2D eigenvalue weighted by atomic mass is 9.70. The molecule has 3 unspecified atom stereocenters. The van der Waals surface area contributed by atoms with Gasteiger partial charge in [0.05, 0.1) is 5.92 Å². The molecule has 0 bridgehead atoms. The number of nitriles is 3. The van der Waals surface area contributed by atoms with Crippen LogP contribution >= 0.6 is 0 Å². The van der Waals surface area contributed by atoms with Crippen LogP contribution in [0.3, 0.4) is 0 Å². The standard InChI is InChI=1S/C12H10N4O/c1-16-12(8-15)10-5-3-2-4-9(10)11(6-13,7-14)17-12/h9-10H,2-5H2. The summed E-state index contributed by atoms with van der Waals surface area (Å²) in [7, 11) is 0. The monoisotopic (exact) mass is 226 g/mol. The Bertz CT molecular complexity index is 425. The molecular formula is C12H10N4O. The largest absolute Gasteiger partial charge is 0.430 e. The maximum Gasteiger partial charge on any atom is 0.430 e. The highest BCUT2D eigenvalue weighted by Gasteiger charge is 2.69. The first kappa shape index (κ1) is 11.4. The van der Waals surface area contributed by atoms with Crippen LogP contribution in [0.25, 0.3) is 4.85 Å². The van der Waals surface area contributed by atoms with Gasteiger partial charge in [-0.15, -0.1) is 0 Å². The molecule has 0 radical (unpaired) electrons. The molecule has 1 aliphatic carbocycles. The first-order valence-corrected chi connectivity index (χ1v) is 5.50. The second-order valence-electron chi connectivity index (χ2n) is 4.48. The van der Waals surface area contributed by atoms with Gasteiger partial charge in [-0.25, -0.2) is 6.57 Å². The van der Waals surface area contributed by atoms with Crippen molar-refractivity contribution in [1.82, 2.24) is 0 Å². The fourth-order valence-electron chi connectivity index (χ4n) is 2.96. The molecule has 0 aromatic rings. The van der Waals surface area contributed by atoms with Gasteiger partial charge in [0.1, 0.15) is 12.1 Å². The number of hydrogen-bond donors (Lipinski definition) is 0. The molecule has 17 heavy (non-hydrogen) atoms. The summed E-state index contributed by atoms with van der Waals surface area (Å²) < 4.78 is 5.34. The number of nitrogens with zero attached hydrogens (tertiary/aromatic N) is 4. The van der Waals surface area contributed by atoms with Gasteiger partial charge < -0.3 is 0 Å². The van der Waals surface area contributed by atoms with Gasteiger partial charge in [-0.2, -0.15) is 15.8 Å². The predicted molar refractivity (Wildman–Crippen MR) is 55.4 cm³/mol. The topological polar surface area (TPSA) is 85.0 Å². The Balaban J connectivity index is 2.53. The third-order valence-electron chi connectivity index (χ3n) is 3.77. The molecule has 0 N–H and O–H groups in total. The van der Waals surface area contributed by atoms with E-state index in [1.165, 1.54) is 0 Å². The third-order valence-corrected chi connectivity index (χ3v) is 3.77. The molecule has 0 aromatic heterocycles. The van der Waals surface area contributed by atoms with Crippen molar-refractivity contribution in [2.24, 2.45) is 11.8 Å². The summed E-state index contributed by atoms with van der Waals surface area (Å²) in [6, 6.07) is 5.61. The van der Waals surface area contributed by atoms with E-state index >= 15 is 0 Å². The van der Waals surface area contributed by atoms with E-state index in [-0.39, 0.29) is 11.8 Å². The predicted octanol–water partition coefficient (Wildman–Crippen LogP) is 1.75. The Morgan fingerprint density at radius 1 is 1.06 bits per heavy atom. The Kier molecular flexibility index (Phi) is 2.51. The van der Waals surface area contributed by atoms with E-state index in [0.29, 0.717) is 12.8 Å². The number of rotatable bonds is 0. The van der Waals surface area contributed by atoms with Gasteiger partial charge in [-0.1, -0.05) is 12.8 Å². The Morgan fingerprint density at radius 3 is 2.12 bits per heavy atom. The first-order valence-electron chi connectivity index (χ1n) is 5.50. The van der Waals surface area contributed by atoms with Crippen LogP contribution < -0.4 is 0 Å². The van der Waals surface area contributed by atoms with Crippen molar-refractivity contribution in [2.45, 2.75) is 37.0 Å². The molecule has 0 amide bonds. The van der Waals surface area contributed by atoms with Crippen LogP contribution in [0.4, 0.5) is 0 Å². The molecule has 5 nitrogen and oxygen atoms in total. The summed E-state index contributed by atoms with van der Waals surface area (Å²) >= 11 is 0. The van der Waals surface area contributed by atoms with Crippen molar-refractivity contribution >= 4 is 0 Å². The van der Waals surface area contributed by atoms with Crippen LogP contribution in [0.1, 0.15) is 25.7 Å². The second kappa shape index (κ2) is 3.74. The van der Waals surface area contributed by atoms with E-state index in [1.807, 2.05) is 18.2 Å². The summed E-state index contributed by atoms with van der Waals surface area (Å²) in [6.07, 6.45) is 3.17. The van der Waals surface area contributed by atoms with Crippen molar-refractivity contribution in [1.29, 1.82) is 15.8 Å². The molecule has 5 heteroatoms. The number of fused-ring (bicyclic) bond motifs is 1. The summed E-state index contributed by atoms with van der Waals surface area (Å²) in [5, 5.41) is 27.5. The quantitative estimate of drug-likeness (QED) is 0.589. The first-order chi connectivity index (χ1) is 8.18. The van der Waals surface area contributed by atoms with Gasteiger partial charge in [0.15, 0.2) is 6.07 Å². The van der Waals surface area contributed by atoms with E-state index < -0.39 is 11.3 Å². The van der Waals surface area contributed by atoms with Gasteiger partial charge in [0, 0.05) is 5.92 Å². The molecule has 0 spiro atoms. The smallest absolute Gasteiger partial charge is 0.264 e. The van der Waals surface area contributed by atoms with Crippen molar-refractivity contribution in [3.8, 4) is 18.2 Å². The van der Waals surface area contributed by atoms with Crippen molar-refractivity contribution in [3.63, 3.8) is 0 Å². The fraction of sp³-hybridized carbons (Fsp3) is 0.667. The van der Waals surface area contributed by atoms with Gasteiger partial charge in [-0.05, 0) is 12.8 Å². The van der Waals surface area contributed by atoms with Crippen LogP contribution in [0.5, 0.6) is 0 Å². The minimum atomic E-state index is -1.64. The maximum absolute atomic E-state index is 9.17. The van der Waals surface area contributed by atoms with Crippen LogP contribution in [-0.4, -0.2) is 11.3 Å². The minimum absolute atomic E-state index is 0.319. The molecule has 2 rings (SSSR count). The SMILES string of the molecule is [C-]#[N+]C1(C#N)OC(C#N)(C#N)C2CCCCC21. The summed E-state index contributed by atoms with van der Waals surface area (Å²) in [6.45, 7) is 7.16. The van der Waals surface area contributed by atoms with E-state index in [9.17, 15) is 5.26 Å². The van der Waals surface area contributed by atoms with Crippen molar-refractivity contribution < 1.29 is 4.74 Å². The van der Waals surface area contributed by atoms with Crippen molar-refractivity contribution in [2.75, 3.05) is 0 Å². The van der Waals surface area contributed by atoms with E-state index in [1.54, 1.807) is 0 Å². The van der Waals surface area contributed by atoms with E-state index in [4.69, 9.17) is 21.8 Å². The lowest BCUT2D eigenvalue weighted by molar-refractivity contribution is -0.00145. The lowest BCUT2D eigenvalue weighted by Crippen LogP contribution is -2.35. The molecule has 0 aromatic carbocycles. The molecule has 1 saturated heterocycles. The zero-order valence-corrected chi connectivity index (χ0v) is 9.18. The normalized spacial score (nSPS) is 37.9. The van der Waals surface area contributed by atoms with Crippen LogP contribution in [-0.2, 0) is 4.74 Å². The molecule has 1 heterocycles. The van der Waals surface area contributed by atoms with E-state index in [0.717, 1.165) is 12.8 Å². The number of ether oxygens (including phenoxy) is 1. The molecule has 1 saturated carbocycles. The van der Waals surface area contributed by atoms with E-state index in [2.05, 4.69) is 4.85 Å². The average molecular weight is 226 g/mol. The maximum atomic E-state index is 9.17. The Morgan fingerprint density at radius 2 is 1.65 bits per heavy atom. The highest BCUT2D eigenvalue weighted by atomic mass is 16.5. The van der Waals surface area contributed by atoms with Gasteiger partial charge >= 0.3 is 5.72 Å². The molecule has 2 aliphatic rings. The van der Waals surface area contributed by atoms with Gasteiger partial charge in [0.2, 0.25) is 0 Å². The average Bonchev–Trinajstić information content (AvgIpc) is 2.71. The zero-order chi connectivity index (χ0) is 12.5. The molecule has 84 valence electrons. The summed E-state index contributed by atoms with van der Waals surface area (Å²) in [4.78, 5) is 3.28. The highest BCUT2D eigenvalue weighted by Crippen LogP contribution is 2.53. The lowest BCUT2D eigenvalue weighted by Gasteiger charge is -2.26. The van der Waals surface area contributed by atoms with Crippen LogP contribution in [0.15, 0.2) is 0 Å². The zero-order valence-electron chi connectivity index (χ0n) is 9.18. The van der Waals surface area contributed by atoms with Crippen molar-refractivity contribution in [3.05, 3.63) is 11.4 Å². The molecular weight excluding hydrogens is 216 g/mol. The minimum Gasteiger partial charge on any atom is -0.264 e. The summed E-state index contributed by atoms with van der Waals surface area (Å²) in [5.74, 6) is -0.641.